The van der Waals surface area contributed by atoms with Crippen molar-refractivity contribution >= 4 is 39.9 Å². The number of carbonyl (C=O) groups excluding carboxylic acids is 3. The minimum absolute atomic E-state index is 0.0461. The molecular formula is C26H32FN3O5S. The van der Waals surface area contributed by atoms with Crippen molar-refractivity contribution in [3.05, 3.63) is 54.3 Å². The van der Waals surface area contributed by atoms with Gasteiger partial charge in [-0.1, -0.05) is 18.9 Å². The highest BCUT2D eigenvalue weighted by molar-refractivity contribution is 7.86. The smallest absolute Gasteiger partial charge is 0.243 e. The Kier molecular flexibility index (Phi) is 9.98. The molecule has 3 rings (SSSR count). The molecule has 0 radical (unpaired) electrons. The molecule has 0 aliphatic heterocycles. The minimum atomic E-state index is -1.85. The molecule has 36 heavy (non-hydrogen) atoms. The zero-order valence-corrected chi connectivity index (χ0v) is 21.3. The first-order chi connectivity index (χ1) is 17.3. The van der Waals surface area contributed by atoms with E-state index < -0.39 is 46.0 Å². The van der Waals surface area contributed by atoms with Gasteiger partial charge in [-0.05, 0) is 69.2 Å². The van der Waals surface area contributed by atoms with Crippen LogP contribution in [-0.2, 0) is 25.2 Å². The largest absolute Gasteiger partial charge is 0.494 e. The van der Waals surface area contributed by atoms with Crippen LogP contribution >= 0.6 is 0 Å². The first-order valence-electron chi connectivity index (χ1n) is 12.0. The molecule has 2 aromatic rings. The van der Waals surface area contributed by atoms with Crippen molar-refractivity contribution in [2.45, 2.75) is 51.6 Å². The van der Waals surface area contributed by atoms with E-state index in [4.69, 9.17) is 4.74 Å². The predicted octanol–water partition coefficient (Wildman–Crippen LogP) is 3.39. The topological polar surface area (TPSA) is 105 Å². The fourth-order valence-corrected chi connectivity index (χ4v) is 5.00. The van der Waals surface area contributed by atoms with Crippen LogP contribution in [-0.4, -0.2) is 52.1 Å². The molecule has 3 amide bonds. The van der Waals surface area contributed by atoms with E-state index in [0.717, 1.165) is 36.6 Å². The molecule has 1 aliphatic carbocycles. The van der Waals surface area contributed by atoms with Gasteiger partial charge in [-0.3, -0.25) is 23.5 Å². The van der Waals surface area contributed by atoms with Gasteiger partial charge in [0.05, 0.1) is 6.61 Å². The molecule has 0 saturated heterocycles. The molecule has 0 unspecified atom stereocenters. The zero-order chi connectivity index (χ0) is 26.1. The lowest BCUT2D eigenvalue weighted by molar-refractivity contribution is -0.125. The van der Waals surface area contributed by atoms with Crippen molar-refractivity contribution in [2.24, 2.45) is 0 Å². The summed E-state index contributed by atoms with van der Waals surface area (Å²) in [6.07, 6.45) is 3.81. The summed E-state index contributed by atoms with van der Waals surface area (Å²) >= 11 is 0. The molecule has 1 saturated carbocycles. The summed E-state index contributed by atoms with van der Waals surface area (Å²) < 4.78 is 32.0. The number of carbonyl (C=O) groups is 3. The number of hydrogen-bond acceptors (Lipinski definition) is 5. The van der Waals surface area contributed by atoms with Gasteiger partial charge >= 0.3 is 0 Å². The molecule has 1 aliphatic rings. The van der Waals surface area contributed by atoms with E-state index in [0.29, 0.717) is 18.0 Å². The maximum Gasteiger partial charge on any atom is 0.243 e. The lowest BCUT2D eigenvalue weighted by atomic mass is 10.1. The van der Waals surface area contributed by atoms with Crippen molar-refractivity contribution in [3.8, 4) is 5.75 Å². The van der Waals surface area contributed by atoms with E-state index in [1.54, 1.807) is 31.2 Å². The lowest BCUT2D eigenvalue weighted by Crippen LogP contribution is -2.51. The Labute approximate surface area is 213 Å². The van der Waals surface area contributed by atoms with E-state index >= 15 is 0 Å². The Hall–Kier alpha value is -3.27. The van der Waals surface area contributed by atoms with E-state index in [-0.39, 0.29) is 17.6 Å². The van der Waals surface area contributed by atoms with Gasteiger partial charge in [0.1, 0.15) is 29.1 Å². The van der Waals surface area contributed by atoms with Crippen LogP contribution in [0.3, 0.4) is 0 Å². The van der Waals surface area contributed by atoms with Crippen molar-refractivity contribution in [1.82, 2.24) is 5.32 Å². The standard InChI is InChI=1S/C26H32FN3O5S/c1-3-35-23-13-11-21(12-14-23)28-24(31)16-36(34)17-25(32)30(22-10-6-7-19(27)15-22)18(2)26(33)29-20-8-4-5-9-20/h6-7,10-15,18,20H,3-5,8-9,16-17H2,1-2H3,(H,28,31)(H,29,33)/t18-,36+/m0/s1. The molecule has 0 bridgehead atoms. The van der Waals surface area contributed by atoms with Crippen LogP contribution in [0.2, 0.25) is 0 Å². The predicted molar refractivity (Wildman–Crippen MR) is 138 cm³/mol. The van der Waals surface area contributed by atoms with E-state index in [9.17, 15) is 23.0 Å². The SMILES string of the molecule is CCOc1ccc(NC(=O)C[S@@](=O)CC(=O)N(c2cccc(F)c2)[C@@H](C)C(=O)NC2CCCC2)cc1. The molecule has 2 N–H and O–H groups in total. The van der Waals surface area contributed by atoms with Crippen molar-refractivity contribution in [1.29, 1.82) is 0 Å². The Morgan fingerprint density at radius 1 is 1.11 bits per heavy atom. The summed E-state index contributed by atoms with van der Waals surface area (Å²) in [5.74, 6) is -2.32. The third-order valence-corrected chi connectivity index (χ3v) is 7.00. The number of nitrogens with zero attached hydrogens (tertiary/aromatic N) is 1. The summed E-state index contributed by atoms with van der Waals surface area (Å²) in [7, 11) is -1.85. The average molecular weight is 518 g/mol. The van der Waals surface area contributed by atoms with Crippen molar-refractivity contribution < 1.29 is 27.7 Å². The molecule has 10 heteroatoms. The summed E-state index contributed by atoms with van der Waals surface area (Å²) in [4.78, 5) is 39.6. The molecule has 2 atom stereocenters. The third kappa shape index (κ3) is 7.87. The van der Waals surface area contributed by atoms with Gasteiger partial charge in [-0.15, -0.1) is 0 Å². The van der Waals surface area contributed by atoms with Gasteiger partial charge in [-0.25, -0.2) is 4.39 Å². The van der Waals surface area contributed by atoms with Crippen LogP contribution in [0.5, 0.6) is 5.75 Å². The van der Waals surface area contributed by atoms with E-state index in [2.05, 4.69) is 10.6 Å². The quantitative estimate of drug-likeness (QED) is 0.476. The molecular weight excluding hydrogens is 485 g/mol. The molecule has 0 aromatic heterocycles. The fourth-order valence-electron chi connectivity index (χ4n) is 4.12. The highest BCUT2D eigenvalue weighted by Crippen LogP contribution is 2.22. The zero-order valence-electron chi connectivity index (χ0n) is 20.5. The number of rotatable bonds is 11. The second-order valence-electron chi connectivity index (χ2n) is 8.64. The third-order valence-electron chi connectivity index (χ3n) is 5.85. The van der Waals surface area contributed by atoms with Gasteiger partial charge in [0, 0.05) is 28.2 Å². The number of anilines is 2. The number of hydrogen-bond donors (Lipinski definition) is 2. The van der Waals surface area contributed by atoms with Gasteiger partial charge in [-0.2, -0.15) is 0 Å². The van der Waals surface area contributed by atoms with Gasteiger partial charge in [0.2, 0.25) is 17.7 Å². The van der Waals surface area contributed by atoms with Crippen molar-refractivity contribution in [2.75, 3.05) is 28.3 Å². The molecule has 8 nitrogen and oxygen atoms in total. The summed E-state index contributed by atoms with van der Waals surface area (Å²) in [6.45, 7) is 3.94. The lowest BCUT2D eigenvalue weighted by Gasteiger charge is -2.29. The second-order valence-corrected chi connectivity index (χ2v) is 10.1. The first-order valence-corrected chi connectivity index (χ1v) is 13.5. The first kappa shape index (κ1) is 27.3. The highest BCUT2D eigenvalue weighted by atomic mass is 32.2. The van der Waals surface area contributed by atoms with Crippen LogP contribution < -0.4 is 20.3 Å². The Morgan fingerprint density at radius 2 is 1.81 bits per heavy atom. The molecule has 194 valence electrons. The van der Waals surface area contributed by atoms with Gasteiger partial charge in [0.15, 0.2) is 0 Å². The number of ether oxygens (including phenoxy) is 1. The fraction of sp³-hybridized carbons (Fsp3) is 0.423. The summed E-state index contributed by atoms with van der Waals surface area (Å²) in [5.41, 5.74) is 0.690. The number of benzene rings is 2. The van der Waals surface area contributed by atoms with Crippen LogP contribution in [0.25, 0.3) is 0 Å². The monoisotopic (exact) mass is 517 g/mol. The highest BCUT2D eigenvalue weighted by Gasteiger charge is 2.30. The maximum atomic E-state index is 13.9. The van der Waals surface area contributed by atoms with E-state index in [1.807, 2.05) is 6.92 Å². The van der Waals surface area contributed by atoms with Crippen LogP contribution in [0, 0.1) is 5.82 Å². The average Bonchev–Trinajstić information content (AvgIpc) is 3.33. The van der Waals surface area contributed by atoms with Crippen LogP contribution in [0.15, 0.2) is 48.5 Å². The molecule has 0 heterocycles. The Balaban J connectivity index is 1.64. The Bertz CT molecular complexity index is 1090. The summed E-state index contributed by atoms with van der Waals surface area (Å²) in [5, 5.41) is 5.59. The Morgan fingerprint density at radius 3 is 2.44 bits per heavy atom. The second kappa shape index (κ2) is 13.2. The number of halogens is 1. The van der Waals surface area contributed by atoms with Crippen LogP contribution in [0.1, 0.15) is 39.5 Å². The number of amides is 3. The van der Waals surface area contributed by atoms with Gasteiger partial charge < -0.3 is 15.4 Å². The van der Waals surface area contributed by atoms with Crippen molar-refractivity contribution in [3.63, 3.8) is 0 Å². The number of nitrogens with one attached hydrogen (secondary N) is 2. The summed E-state index contributed by atoms with van der Waals surface area (Å²) in [6, 6.07) is 11.2. The van der Waals surface area contributed by atoms with E-state index in [1.165, 1.54) is 18.2 Å². The van der Waals surface area contributed by atoms with Gasteiger partial charge in [0.25, 0.3) is 0 Å². The van der Waals surface area contributed by atoms with Crippen LogP contribution in [0.4, 0.5) is 15.8 Å². The molecule has 0 spiro atoms. The maximum absolute atomic E-state index is 13.9. The molecule has 1 fully saturated rings. The normalized spacial score (nSPS) is 15.1. The minimum Gasteiger partial charge on any atom is -0.494 e. The molecule has 2 aromatic carbocycles.